The number of rotatable bonds is 3. The number of hydrogen-bond acceptors (Lipinski definition) is 5. The average Bonchev–Trinajstić information content (AvgIpc) is 3.05. The maximum absolute atomic E-state index is 12.4. The van der Waals surface area contributed by atoms with Crippen LogP contribution >= 0.6 is 0 Å². The van der Waals surface area contributed by atoms with Gasteiger partial charge in [0.1, 0.15) is 0 Å². The van der Waals surface area contributed by atoms with Gasteiger partial charge < -0.3 is 15.1 Å². The smallest absolute Gasteiger partial charge is 0.335 e. The Morgan fingerprint density at radius 3 is 2.39 bits per heavy atom. The first kappa shape index (κ1) is 15.2. The molecular weight excluding hydrogens is 300 g/mol. The fraction of sp³-hybridized carbons (Fsp3) is 0.333. The molecule has 1 aromatic heterocycles. The monoisotopic (exact) mass is 316 g/mol. The highest BCUT2D eigenvalue weighted by atomic mass is 16.4. The van der Waals surface area contributed by atoms with Crippen molar-refractivity contribution in [3.05, 3.63) is 42.2 Å². The van der Waals surface area contributed by atoms with Crippen molar-refractivity contribution in [3.8, 4) is 5.69 Å². The largest absolute Gasteiger partial charge is 0.479 e. The van der Waals surface area contributed by atoms with Crippen LogP contribution in [0.1, 0.15) is 23.3 Å². The number of amides is 1. The summed E-state index contributed by atoms with van der Waals surface area (Å²) in [4.78, 5) is 24.9. The predicted octanol–water partition coefficient (Wildman–Crippen LogP) is 0.319. The second kappa shape index (κ2) is 5.81. The third-order valence-corrected chi connectivity index (χ3v) is 4.01. The lowest BCUT2D eigenvalue weighted by atomic mass is 9.91. The molecule has 1 aromatic carbocycles. The molecular formula is C15H16N4O4. The SMILES string of the molecule is O=C(c1cn(-c2ccccc2)nn1)N1CCC(O)(C(=O)O)CC1. The summed E-state index contributed by atoms with van der Waals surface area (Å²) >= 11 is 0. The van der Waals surface area contributed by atoms with Gasteiger partial charge in [0.15, 0.2) is 11.3 Å². The quantitative estimate of drug-likeness (QED) is 0.844. The van der Waals surface area contributed by atoms with Gasteiger partial charge in [-0.1, -0.05) is 23.4 Å². The van der Waals surface area contributed by atoms with Crippen molar-refractivity contribution < 1.29 is 19.8 Å². The zero-order valence-electron chi connectivity index (χ0n) is 12.3. The maximum atomic E-state index is 12.4. The summed E-state index contributed by atoms with van der Waals surface area (Å²) < 4.78 is 1.50. The van der Waals surface area contributed by atoms with Crippen molar-refractivity contribution in [2.75, 3.05) is 13.1 Å². The lowest BCUT2D eigenvalue weighted by Gasteiger charge is -2.34. The number of piperidine rings is 1. The van der Waals surface area contributed by atoms with Crippen LogP contribution in [0.4, 0.5) is 0 Å². The number of hydrogen-bond donors (Lipinski definition) is 2. The Labute approximate surface area is 132 Å². The number of aliphatic hydroxyl groups is 1. The number of likely N-dealkylation sites (tertiary alicyclic amines) is 1. The van der Waals surface area contributed by atoms with Gasteiger partial charge in [0.2, 0.25) is 0 Å². The number of carboxylic acids is 1. The van der Waals surface area contributed by atoms with Crippen molar-refractivity contribution in [2.24, 2.45) is 0 Å². The summed E-state index contributed by atoms with van der Waals surface area (Å²) in [7, 11) is 0. The predicted molar refractivity (Wildman–Crippen MR) is 79.1 cm³/mol. The number of aromatic nitrogens is 3. The molecule has 2 heterocycles. The first-order chi connectivity index (χ1) is 11.0. The van der Waals surface area contributed by atoms with E-state index in [0.717, 1.165) is 5.69 Å². The van der Waals surface area contributed by atoms with Crippen LogP contribution in [0, 0.1) is 0 Å². The molecule has 0 spiro atoms. The molecule has 1 aliphatic heterocycles. The standard InChI is InChI=1S/C15H16N4O4/c20-13(18-8-6-15(23,7-9-18)14(21)22)12-10-19(17-16-12)11-4-2-1-3-5-11/h1-5,10,23H,6-9H2,(H,21,22). The van der Waals surface area contributed by atoms with Crippen molar-refractivity contribution in [1.29, 1.82) is 0 Å². The molecule has 3 rings (SSSR count). The van der Waals surface area contributed by atoms with E-state index in [2.05, 4.69) is 10.3 Å². The normalized spacial score (nSPS) is 17.0. The fourth-order valence-electron chi connectivity index (χ4n) is 2.52. The number of carbonyl (C=O) groups is 2. The molecule has 1 amide bonds. The molecule has 0 unspecified atom stereocenters. The number of para-hydroxylation sites is 1. The molecule has 2 aromatic rings. The molecule has 8 nitrogen and oxygen atoms in total. The highest BCUT2D eigenvalue weighted by Crippen LogP contribution is 2.23. The molecule has 2 N–H and O–H groups in total. The Morgan fingerprint density at radius 2 is 1.78 bits per heavy atom. The Kier molecular flexibility index (Phi) is 3.83. The minimum atomic E-state index is -1.75. The maximum Gasteiger partial charge on any atom is 0.335 e. The highest BCUT2D eigenvalue weighted by Gasteiger charge is 2.40. The van der Waals surface area contributed by atoms with Crippen LogP contribution in [0.25, 0.3) is 5.69 Å². The van der Waals surface area contributed by atoms with Gasteiger partial charge in [0, 0.05) is 25.9 Å². The minimum Gasteiger partial charge on any atom is -0.479 e. The summed E-state index contributed by atoms with van der Waals surface area (Å²) in [5.41, 5.74) is -0.772. The Morgan fingerprint density at radius 1 is 1.13 bits per heavy atom. The van der Waals surface area contributed by atoms with E-state index in [4.69, 9.17) is 5.11 Å². The van der Waals surface area contributed by atoms with E-state index >= 15 is 0 Å². The van der Waals surface area contributed by atoms with E-state index < -0.39 is 11.6 Å². The second-order valence-electron chi connectivity index (χ2n) is 5.51. The molecule has 0 aliphatic carbocycles. The molecule has 23 heavy (non-hydrogen) atoms. The summed E-state index contributed by atoms with van der Waals surface area (Å²) in [5.74, 6) is -1.57. The van der Waals surface area contributed by atoms with Crippen LogP contribution in [-0.2, 0) is 4.79 Å². The van der Waals surface area contributed by atoms with Gasteiger partial charge in [0.25, 0.3) is 5.91 Å². The second-order valence-corrected chi connectivity index (χ2v) is 5.51. The lowest BCUT2D eigenvalue weighted by molar-refractivity contribution is -0.162. The first-order valence-corrected chi connectivity index (χ1v) is 7.22. The minimum absolute atomic E-state index is 0.000889. The van der Waals surface area contributed by atoms with E-state index in [0.29, 0.717) is 0 Å². The average molecular weight is 316 g/mol. The first-order valence-electron chi connectivity index (χ1n) is 7.22. The third-order valence-electron chi connectivity index (χ3n) is 4.01. The summed E-state index contributed by atoms with van der Waals surface area (Å²) in [6.07, 6.45) is 1.54. The van der Waals surface area contributed by atoms with Crippen molar-refractivity contribution in [1.82, 2.24) is 19.9 Å². The van der Waals surface area contributed by atoms with Gasteiger partial charge in [-0.15, -0.1) is 5.10 Å². The van der Waals surface area contributed by atoms with Crippen LogP contribution in [0.5, 0.6) is 0 Å². The third kappa shape index (κ3) is 2.93. The van der Waals surface area contributed by atoms with Crippen LogP contribution < -0.4 is 0 Å². The van der Waals surface area contributed by atoms with Gasteiger partial charge in [-0.25, -0.2) is 9.48 Å². The fourth-order valence-corrected chi connectivity index (χ4v) is 2.52. The van der Waals surface area contributed by atoms with Crippen molar-refractivity contribution in [2.45, 2.75) is 18.4 Å². The Bertz CT molecular complexity index is 720. The molecule has 0 atom stereocenters. The Balaban J connectivity index is 1.70. The molecule has 1 aliphatic rings. The molecule has 0 radical (unpaired) electrons. The van der Waals surface area contributed by atoms with Gasteiger partial charge in [0.05, 0.1) is 11.9 Å². The summed E-state index contributed by atoms with van der Waals surface area (Å²) in [5, 5.41) is 26.7. The zero-order valence-corrected chi connectivity index (χ0v) is 12.3. The number of aliphatic carboxylic acids is 1. The number of carbonyl (C=O) groups excluding carboxylic acids is 1. The van der Waals surface area contributed by atoms with Gasteiger partial charge in [-0.2, -0.15) is 0 Å². The molecule has 8 heteroatoms. The topological polar surface area (TPSA) is 109 Å². The summed E-state index contributed by atoms with van der Waals surface area (Å²) in [6.45, 7) is 0.333. The van der Waals surface area contributed by atoms with E-state index in [9.17, 15) is 14.7 Å². The van der Waals surface area contributed by atoms with E-state index in [1.807, 2.05) is 30.3 Å². The van der Waals surface area contributed by atoms with Gasteiger partial charge in [-0.05, 0) is 12.1 Å². The highest BCUT2D eigenvalue weighted by molar-refractivity contribution is 5.92. The molecule has 1 saturated heterocycles. The van der Waals surface area contributed by atoms with Crippen LogP contribution in [-0.4, -0.2) is 60.7 Å². The van der Waals surface area contributed by atoms with E-state index in [1.54, 1.807) is 0 Å². The van der Waals surface area contributed by atoms with Crippen LogP contribution in [0.2, 0.25) is 0 Å². The molecule has 0 saturated carbocycles. The summed E-state index contributed by atoms with van der Waals surface area (Å²) in [6, 6.07) is 9.28. The molecule has 0 bridgehead atoms. The van der Waals surface area contributed by atoms with E-state index in [-0.39, 0.29) is 37.5 Å². The Hall–Kier alpha value is -2.74. The van der Waals surface area contributed by atoms with Crippen LogP contribution in [0.3, 0.4) is 0 Å². The lowest BCUT2D eigenvalue weighted by Crippen LogP contribution is -2.50. The van der Waals surface area contributed by atoms with Crippen molar-refractivity contribution >= 4 is 11.9 Å². The van der Waals surface area contributed by atoms with Crippen LogP contribution in [0.15, 0.2) is 36.5 Å². The molecule has 120 valence electrons. The van der Waals surface area contributed by atoms with Gasteiger partial charge in [-0.3, -0.25) is 4.79 Å². The number of carboxylic acid groups (broad SMARTS) is 1. The van der Waals surface area contributed by atoms with E-state index in [1.165, 1.54) is 15.8 Å². The number of benzene rings is 1. The zero-order chi connectivity index (χ0) is 16.4. The van der Waals surface area contributed by atoms with Crippen molar-refractivity contribution in [3.63, 3.8) is 0 Å². The number of nitrogens with zero attached hydrogens (tertiary/aromatic N) is 4. The van der Waals surface area contributed by atoms with Gasteiger partial charge >= 0.3 is 5.97 Å². The molecule has 1 fully saturated rings.